The van der Waals surface area contributed by atoms with Crippen molar-refractivity contribution in [3.05, 3.63) is 34.9 Å². The number of hydrogen-bond acceptors (Lipinski definition) is 0. The van der Waals surface area contributed by atoms with Gasteiger partial charge in [0.2, 0.25) is 0 Å². The average Bonchev–Trinajstić information content (AvgIpc) is 1.99. The van der Waals surface area contributed by atoms with E-state index in [4.69, 9.17) is 0 Å². The average molecular weight is 148 g/mol. The molecule has 0 amide bonds. The summed E-state index contributed by atoms with van der Waals surface area (Å²) in [5.74, 6) is 0. The normalized spacial score (nSPS) is 19.4. The Kier molecular flexibility index (Phi) is 2.70. The van der Waals surface area contributed by atoms with Crippen LogP contribution in [0.1, 0.15) is 33.6 Å². The molecule has 0 nitrogen and oxygen atoms in total. The van der Waals surface area contributed by atoms with Gasteiger partial charge >= 0.3 is 0 Å². The first-order valence-corrected chi connectivity index (χ1v) is 4.25. The Hall–Kier alpha value is -0.780. The van der Waals surface area contributed by atoms with Gasteiger partial charge in [-0.2, -0.15) is 0 Å². The van der Waals surface area contributed by atoms with Crippen LogP contribution in [0.3, 0.4) is 0 Å². The highest BCUT2D eigenvalue weighted by Crippen LogP contribution is 2.24. The van der Waals surface area contributed by atoms with Crippen molar-refractivity contribution < 1.29 is 0 Å². The predicted molar refractivity (Wildman–Crippen MR) is 50.5 cm³/mol. The molecule has 0 aromatic carbocycles. The van der Waals surface area contributed by atoms with Crippen LogP contribution in [-0.2, 0) is 0 Å². The molecule has 0 radical (unpaired) electrons. The van der Waals surface area contributed by atoms with E-state index in [9.17, 15) is 0 Å². The molecule has 0 heterocycles. The van der Waals surface area contributed by atoms with Crippen molar-refractivity contribution in [3.8, 4) is 0 Å². The number of rotatable bonds is 1. The van der Waals surface area contributed by atoms with Gasteiger partial charge in [0.15, 0.2) is 0 Å². The van der Waals surface area contributed by atoms with Crippen molar-refractivity contribution in [2.75, 3.05) is 0 Å². The highest BCUT2D eigenvalue weighted by molar-refractivity contribution is 5.43. The molecule has 0 bridgehead atoms. The summed E-state index contributed by atoms with van der Waals surface area (Å²) in [6.45, 7) is 6.50. The third-order valence-corrected chi connectivity index (χ3v) is 2.30. The molecule has 1 aliphatic carbocycles. The van der Waals surface area contributed by atoms with Crippen LogP contribution in [0.5, 0.6) is 0 Å². The Labute approximate surface area is 69.3 Å². The van der Waals surface area contributed by atoms with Crippen molar-refractivity contribution in [1.29, 1.82) is 0 Å². The smallest absolute Gasteiger partial charge is 0.0271 e. The molecule has 11 heavy (non-hydrogen) atoms. The summed E-state index contributed by atoms with van der Waals surface area (Å²) < 4.78 is 0. The van der Waals surface area contributed by atoms with E-state index in [2.05, 4.69) is 39.0 Å². The van der Waals surface area contributed by atoms with Crippen LogP contribution in [0.15, 0.2) is 34.9 Å². The summed E-state index contributed by atoms with van der Waals surface area (Å²) in [6, 6.07) is 0. The fourth-order valence-corrected chi connectivity index (χ4v) is 1.40. The lowest BCUT2D eigenvalue weighted by Crippen LogP contribution is -1.93. The molecule has 0 saturated heterocycles. The Morgan fingerprint density at radius 3 is 2.73 bits per heavy atom. The van der Waals surface area contributed by atoms with Crippen molar-refractivity contribution in [2.24, 2.45) is 0 Å². The SMILES string of the molecule is C/C=C\C1=CCCC(C)=C1C. The minimum atomic E-state index is 1.21. The molecule has 1 aliphatic rings. The summed E-state index contributed by atoms with van der Waals surface area (Å²) in [6.07, 6.45) is 9.07. The fraction of sp³-hybridized carbons (Fsp3) is 0.455. The van der Waals surface area contributed by atoms with Crippen LogP contribution in [0.2, 0.25) is 0 Å². The summed E-state index contributed by atoms with van der Waals surface area (Å²) in [7, 11) is 0. The van der Waals surface area contributed by atoms with E-state index in [0.717, 1.165) is 0 Å². The summed E-state index contributed by atoms with van der Waals surface area (Å²) in [5.41, 5.74) is 4.42. The largest absolute Gasteiger partial charge is 0.0871 e. The minimum Gasteiger partial charge on any atom is -0.0871 e. The highest BCUT2D eigenvalue weighted by atomic mass is 14.1. The van der Waals surface area contributed by atoms with Gasteiger partial charge in [-0.3, -0.25) is 0 Å². The molecule has 0 N–H and O–H groups in total. The van der Waals surface area contributed by atoms with Gasteiger partial charge in [0.1, 0.15) is 0 Å². The molecular formula is C11H16. The Bertz CT molecular complexity index is 226. The Morgan fingerprint density at radius 2 is 2.09 bits per heavy atom. The fourth-order valence-electron chi connectivity index (χ4n) is 1.40. The zero-order valence-electron chi connectivity index (χ0n) is 7.65. The van der Waals surface area contributed by atoms with Crippen molar-refractivity contribution in [1.82, 2.24) is 0 Å². The maximum atomic E-state index is 2.32. The van der Waals surface area contributed by atoms with Gasteiger partial charge in [0, 0.05) is 0 Å². The molecule has 0 spiro atoms. The van der Waals surface area contributed by atoms with Crippen LogP contribution < -0.4 is 0 Å². The van der Waals surface area contributed by atoms with Crippen LogP contribution in [0.4, 0.5) is 0 Å². The molecule has 0 saturated carbocycles. The van der Waals surface area contributed by atoms with Gasteiger partial charge in [0.25, 0.3) is 0 Å². The van der Waals surface area contributed by atoms with Crippen LogP contribution in [0, 0.1) is 0 Å². The summed E-state index contributed by atoms with van der Waals surface area (Å²) in [5, 5.41) is 0. The van der Waals surface area contributed by atoms with E-state index in [0.29, 0.717) is 0 Å². The predicted octanol–water partition coefficient (Wildman–Crippen LogP) is 3.62. The number of hydrogen-bond donors (Lipinski definition) is 0. The van der Waals surface area contributed by atoms with Gasteiger partial charge in [-0.25, -0.2) is 0 Å². The standard InChI is InChI=1S/C11H16/c1-4-6-11-8-5-7-9(2)10(11)3/h4,6,8H,5,7H2,1-3H3/b6-4-. The zero-order valence-corrected chi connectivity index (χ0v) is 7.65. The second-order valence-electron chi connectivity index (χ2n) is 3.10. The van der Waals surface area contributed by atoms with E-state index in [-0.39, 0.29) is 0 Å². The quantitative estimate of drug-likeness (QED) is 0.532. The first-order chi connectivity index (χ1) is 5.25. The lowest BCUT2D eigenvalue weighted by Gasteiger charge is -2.13. The van der Waals surface area contributed by atoms with E-state index in [1.165, 1.54) is 24.0 Å². The highest BCUT2D eigenvalue weighted by Gasteiger charge is 2.05. The second kappa shape index (κ2) is 3.56. The van der Waals surface area contributed by atoms with E-state index in [1.807, 2.05) is 0 Å². The van der Waals surface area contributed by atoms with Crippen molar-refractivity contribution in [3.63, 3.8) is 0 Å². The monoisotopic (exact) mass is 148 g/mol. The van der Waals surface area contributed by atoms with Crippen molar-refractivity contribution >= 4 is 0 Å². The second-order valence-corrected chi connectivity index (χ2v) is 3.10. The van der Waals surface area contributed by atoms with E-state index >= 15 is 0 Å². The van der Waals surface area contributed by atoms with Gasteiger partial charge in [-0.1, -0.05) is 23.8 Å². The molecule has 0 unspecified atom stereocenters. The van der Waals surface area contributed by atoms with Crippen LogP contribution in [-0.4, -0.2) is 0 Å². The molecule has 1 rings (SSSR count). The third-order valence-electron chi connectivity index (χ3n) is 2.30. The maximum absolute atomic E-state index is 2.32. The van der Waals surface area contributed by atoms with Gasteiger partial charge < -0.3 is 0 Å². The van der Waals surface area contributed by atoms with Crippen LogP contribution in [0.25, 0.3) is 0 Å². The molecule has 0 atom stereocenters. The molecule has 0 heteroatoms. The maximum Gasteiger partial charge on any atom is -0.0271 e. The lowest BCUT2D eigenvalue weighted by atomic mass is 9.93. The molecular weight excluding hydrogens is 132 g/mol. The summed E-state index contributed by atoms with van der Waals surface area (Å²) in [4.78, 5) is 0. The molecule has 60 valence electrons. The van der Waals surface area contributed by atoms with Gasteiger partial charge in [0.05, 0.1) is 0 Å². The molecule has 0 aromatic heterocycles. The van der Waals surface area contributed by atoms with Crippen LogP contribution >= 0.6 is 0 Å². The lowest BCUT2D eigenvalue weighted by molar-refractivity contribution is 0.926. The van der Waals surface area contributed by atoms with Crippen molar-refractivity contribution in [2.45, 2.75) is 33.6 Å². The molecule has 0 aliphatic heterocycles. The zero-order chi connectivity index (χ0) is 8.27. The third kappa shape index (κ3) is 1.83. The number of allylic oxidation sites excluding steroid dienone is 6. The molecule has 0 fully saturated rings. The summed E-state index contributed by atoms with van der Waals surface area (Å²) >= 11 is 0. The molecule has 0 aromatic rings. The Balaban J connectivity index is 2.88. The first-order valence-electron chi connectivity index (χ1n) is 4.25. The topological polar surface area (TPSA) is 0 Å². The van der Waals surface area contributed by atoms with E-state index < -0.39 is 0 Å². The Morgan fingerprint density at radius 1 is 1.36 bits per heavy atom. The minimum absolute atomic E-state index is 1.21. The first kappa shape index (κ1) is 8.32. The van der Waals surface area contributed by atoms with Gasteiger partial charge in [-0.15, -0.1) is 0 Å². The van der Waals surface area contributed by atoms with Gasteiger partial charge in [-0.05, 0) is 44.8 Å². The van der Waals surface area contributed by atoms with E-state index in [1.54, 1.807) is 5.57 Å².